The van der Waals surface area contributed by atoms with Gasteiger partial charge in [0, 0.05) is 34.6 Å². The Kier molecular flexibility index (Phi) is 5.53. The molecule has 27 heavy (non-hydrogen) atoms. The Morgan fingerprint density at radius 1 is 1.30 bits per heavy atom. The Balaban J connectivity index is 1.42. The molecule has 1 atom stereocenters. The maximum absolute atomic E-state index is 11.0. The van der Waals surface area contributed by atoms with Crippen molar-refractivity contribution in [3.63, 3.8) is 0 Å². The lowest BCUT2D eigenvalue weighted by Crippen LogP contribution is -2.07. The van der Waals surface area contributed by atoms with Gasteiger partial charge in [0.05, 0.1) is 13.0 Å². The summed E-state index contributed by atoms with van der Waals surface area (Å²) in [4.78, 5) is 15.5. The molecule has 1 fully saturated rings. The lowest BCUT2D eigenvalue weighted by Gasteiger charge is -2.13. The van der Waals surface area contributed by atoms with Crippen LogP contribution in [0.3, 0.4) is 0 Å². The van der Waals surface area contributed by atoms with Gasteiger partial charge < -0.3 is 14.6 Å². The number of fused-ring (bicyclic) bond motifs is 1. The van der Waals surface area contributed by atoms with Crippen LogP contribution < -0.4 is 9.47 Å². The molecule has 1 aliphatic heterocycles. The second kappa shape index (κ2) is 8.21. The van der Waals surface area contributed by atoms with E-state index >= 15 is 0 Å². The number of aliphatic carboxylic acids is 1. The van der Waals surface area contributed by atoms with E-state index in [0.29, 0.717) is 18.5 Å². The minimum Gasteiger partial charge on any atom is -0.492 e. The maximum Gasteiger partial charge on any atom is 0.304 e. The Morgan fingerprint density at radius 3 is 2.96 bits per heavy atom. The molecule has 1 aromatic carbocycles. The zero-order chi connectivity index (χ0) is 18.6. The van der Waals surface area contributed by atoms with Gasteiger partial charge in [0.25, 0.3) is 0 Å². The summed E-state index contributed by atoms with van der Waals surface area (Å²) in [7, 11) is 0. The van der Waals surface area contributed by atoms with E-state index in [9.17, 15) is 4.79 Å². The van der Waals surface area contributed by atoms with Crippen LogP contribution in [0.5, 0.6) is 11.5 Å². The van der Waals surface area contributed by atoms with Crippen LogP contribution >= 0.6 is 11.8 Å². The van der Waals surface area contributed by atoms with Gasteiger partial charge in [-0.25, -0.2) is 4.98 Å². The molecular weight excluding hydrogens is 362 g/mol. The molecule has 2 aromatic rings. The number of carbonyl (C=O) groups is 1. The molecule has 5 nitrogen and oxygen atoms in total. The third kappa shape index (κ3) is 4.38. The summed E-state index contributed by atoms with van der Waals surface area (Å²) in [6, 6.07) is 9.68. The number of rotatable bonds is 7. The summed E-state index contributed by atoms with van der Waals surface area (Å²) in [5.74, 6) is 0.566. The minimum atomic E-state index is -0.805. The first-order valence-corrected chi connectivity index (χ1v) is 10.3. The van der Waals surface area contributed by atoms with Crippen LogP contribution in [0.2, 0.25) is 0 Å². The van der Waals surface area contributed by atoms with E-state index in [0.717, 1.165) is 27.7 Å². The normalized spacial score (nSPS) is 18.9. The van der Waals surface area contributed by atoms with E-state index in [4.69, 9.17) is 14.6 Å². The molecule has 1 saturated carbocycles. The first-order valence-electron chi connectivity index (χ1n) is 9.41. The Hall–Kier alpha value is -2.21. The van der Waals surface area contributed by atoms with Gasteiger partial charge in [-0.1, -0.05) is 25.0 Å². The highest BCUT2D eigenvalue weighted by molar-refractivity contribution is 7.99. The summed E-state index contributed by atoms with van der Waals surface area (Å²) in [6.45, 7) is 0.871. The fraction of sp³-hybridized carbons (Fsp3) is 0.429. The van der Waals surface area contributed by atoms with Gasteiger partial charge in [0.15, 0.2) is 0 Å². The molecule has 142 valence electrons. The molecule has 0 amide bonds. The predicted molar refractivity (Wildman–Crippen MR) is 104 cm³/mol. The van der Waals surface area contributed by atoms with E-state index in [-0.39, 0.29) is 12.3 Å². The Morgan fingerprint density at radius 2 is 2.15 bits per heavy atom. The molecule has 1 aromatic heterocycles. The third-order valence-electron chi connectivity index (χ3n) is 5.11. The average molecular weight is 385 g/mol. The molecule has 4 rings (SSSR count). The van der Waals surface area contributed by atoms with E-state index in [1.165, 1.54) is 25.7 Å². The molecule has 1 N–H and O–H groups in total. The van der Waals surface area contributed by atoms with Crippen LogP contribution in [0.15, 0.2) is 41.6 Å². The summed E-state index contributed by atoms with van der Waals surface area (Å²) in [6.07, 6.45) is 7.09. The molecule has 0 saturated heterocycles. The van der Waals surface area contributed by atoms with Gasteiger partial charge >= 0.3 is 5.97 Å². The fourth-order valence-corrected chi connectivity index (χ4v) is 4.98. The van der Waals surface area contributed by atoms with E-state index in [2.05, 4.69) is 11.1 Å². The van der Waals surface area contributed by atoms with Crippen LogP contribution in [-0.4, -0.2) is 27.9 Å². The molecule has 2 aliphatic rings. The lowest BCUT2D eigenvalue weighted by atomic mass is 9.98. The van der Waals surface area contributed by atoms with Crippen molar-refractivity contribution in [2.24, 2.45) is 0 Å². The van der Waals surface area contributed by atoms with Gasteiger partial charge in [0.2, 0.25) is 0 Å². The lowest BCUT2D eigenvalue weighted by molar-refractivity contribution is -0.137. The Bertz CT molecular complexity index is 820. The summed E-state index contributed by atoms with van der Waals surface area (Å²) < 4.78 is 11.6. The minimum absolute atomic E-state index is 0.0840. The topological polar surface area (TPSA) is 68.7 Å². The first-order chi connectivity index (χ1) is 13.2. The number of nitrogens with zero attached hydrogens (tertiary/aromatic N) is 1. The zero-order valence-electron chi connectivity index (χ0n) is 15.1. The van der Waals surface area contributed by atoms with Gasteiger partial charge in [-0.2, -0.15) is 0 Å². The number of carboxylic acid groups (broad SMARTS) is 1. The number of hydrogen-bond acceptors (Lipinski definition) is 5. The highest BCUT2D eigenvalue weighted by atomic mass is 32.2. The number of thioether (sulfide) groups is 1. The summed E-state index contributed by atoms with van der Waals surface area (Å²) >= 11 is 1.87. The van der Waals surface area contributed by atoms with Crippen molar-refractivity contribution in [3.8, 4) is 11.5 Å². The van der Waals surface area contributed by atoms with Gasteiger partial charge in [-0.3, -0.25) is 4.79 Å². The number of hydrogen-bond donors (Lipinski definition) is 1. The highest BCUT2D eigenvalue weighted by Crippen LogP contribution is 2.39. The number of carboxylic acids is 1. The molecule has 1 aliphatic carbocycles. The van der Waals surface area contributed by atoms with Crippen LogP contribution in [0.25, 0.3) is 0 Å². The second-order valence-electron chi connectivity index (χ2n) is 7.09. The average Bonchev–Trinajstić information content (AvgIpc) is 3.31. The fourth-order valence-electron chi connectivity index (χ4n) is 3.69. The van der Waals surface area contributed by atoms with E-state index < -0.39 is 5.97 Å². The smallest absolute Gasteiger partial charge is 0.304 e. The number of benzene rings is 1. The SMILES string of the molecule is O=C(O)C[C@H]1COc2cc(OCc3cccnc3SC3CCCC3)ccc21. The van der Waals surface area contributed by atoms with Crippen LogP contribution in [0, 0.1) is 0 Å². The van der Waals surface area contributed by atoms with Crippen molar-refractivity contribution in [3.05, 3.63) is 47.7 Å². The number of pyridine rings is 1. The highest BCUT2D eigenvalue weighted by Gasteiger charge is 2.26. The van der Waals surface area contributed by atoms with Crippen molar-refractivity contribution in [2.75, 3.05) is 6.61 Å². The quantitative estimate of drug-likeness (QED) is 0.748. The molecule has 0 radical (unpaired) electrons. The van der Waals surface area contributed by atoms with Crippen LogP contribution in [0.4, 0.5) is 0 Å². The summed E-state index contributed by atoms with van der Waals surface area (Å²) in [5.41, 5.74) is 2.04. The predicted octanol–water partition coefficient (Wildman–Crippen LogP) is 4.65. The molecule has 6 heteroatoms. The standard InChI is InChI=1S/C21H23NO4S/c23-20(24)10-15-13-26-19-11-16(7-8-18(15)19)25-12-14-4-3-9-22-21(14)27-17-5-1-2-6-17/h3-4,7-9,11,15,17H,1-2,5-6,10,12-13H2,(H,23,24)/t15-/m0/s1. The van der Waals surface area contributed by atoms with Crippen molar-refractivity contribution < 1.29 is 19.4 Å². The zero-order valence-corrected chi connectivity index (χ0v) is 15.9. The maximum atomic E-state index is 11.0. The Labute approximate surface area is 163 Å². The van der Waals surface area contributed by atoms with Gasteiger partial charge in [0.1, 0.15) is 23.1 Å². The second-order valence-corrected chi connectivity index (χ2v) is 8.38. The van der Waals surface area contributed by atoms with Crippen molar-refractivity contribution in [2.45, 2.75) is 54.9 Å². The van der Waals surface area contributed by atoms with Crippen LogP contribution in [-0.2, 0) is 11.4 Å². The number of ether oxygens (including phenoxy) is 2. The monoisotopic (exact) mass is 385 g/mol. The summed E-state index contributed by atoms with van der Waals surface area (Å²) in [5, 5.41) is 10.7. The van der Waals surface area contributed by atoms with Gasteiger partial charge in [-0.15, -0.1) is 11.8 Å². The van der Waals surface area contributed by atoms with Crippen molar-refractivity contribution in [1.29, 1.82) is 0 Å². The largest absolute Gasteiger partial charge is 0.492 e. The van der Waals surface area contributed by atoms with Crippen LogP contribution in [0.1, 0.15) is 49.1 Å². The molecule has 2 heterocycles. The van der Waals surface area contributed by atoms with E-state index in [1.54, 1.807) is 0 Å². The molecular formula is C21H23NO4S. The molecule has 0 unspecified atom stereocenters. The van der Waals surface area contributed by atoms with E-state index in [1.807, 2.05) is 42.2 Å². The van der Waals surface area contributed by atoms with Crippen molar-refractivity contribution >= 4 is 17.7 Å². The molecule has 0 spiro atoms. The third-order valence-corrected chi connectivity index (χ3v) is 6.51. The molecule has 0 bridgehead atoms. The first kappa shape index (κ1) is 18.2. The van der Waals surface area contributed by atoms with Gasteiger partial charge in [-0.05, 0) is 25.0 Å². The number of aromatic nitrogens is 1. The van der Waals surface area contributed by atoms with Crippen molar-refractivity contribution in [1.82, 2.24) is 4.98 Å².